The summed E-state index contributed by atoms with van der Waals surface area (Å²) in [6, 6.07) is 3.46. The number of carbonyl (C=O) groups is 1. The van der Waals surface area contributed by atoms with Gasteiger partial charge in [0.05, 0.1) is 10.5 Å². The highest BCUT2D eigenvalue weighted by molar-refractivity contribution is 7.89. The third-order valence-electron chi connectivity index (χ3n) is 4.03. The van der Waals surface area contributed by atoms with Crippen LogP contribution >= 0.6 is 0 Å². The number of sulfonamides is 1. The van der Waals surface area contributed by atoms with Crippen LogP contribution in [0.15, 0.2) is 29.2 Å². The van der Waals surface area contributed by atoms with Crippen LogP contribution in [0.4, 0.5) is 13.2 Å². The Morgan fingerprint density at radius 3 is 2.52 bits per heavy atom. The number of hydrogen-bond acceptors (Lipinski definition) is 3. The molecular formula is C16H21F3N2O3S. The van der Waals surface area contributed by atoms with Crippen molar-refractivity contribution in [3.8, 4) is 0 Å². The second kappa shape index (κ2) is 7.33. The minimum Gasteiger partial charge on any atom is -0.341 e. The van der Waals surface area contributed by atoms with Gasteiger partial charge in [0.15, 0.2) is 0 Å². The molecule has 5 nitrogen and oxygen atoms in total. The van der Waals surface area contributed by atoms with Crippen LogP contribution in [0.1, 0.15) is 32.3 Å². The molecule has 9 heteroatoms. The molecule has 1 aromatic carbocycles. The molecule has 0 aliphatic carbocycles. The zero-order valence-corrected chi connectivity index (χ0v) is 14.8. The highest BCUT2D eigenvalue weighted by Gasteiger charge is 2.38. The molecule has 25 heavy (non-hydrogen) atoms. The average molecular weight is 378 g/mol. The first-order valence-corrected chi connectivity index (χ1v) is 9.48. The number of likely N-dealkylation sites (tertiary alicyclic amines) is 1. The predicted molar refractivity (Wildman–Crippen MR) is 86.2 cm³/mol. The normalized spacial score (nSPS) is 19.3. The van der Waals surface area contributed by atoms with Gasteiger partial charge < -0.3 is 4.90 Å². The first-order valence-electron chi connectivity index (χ1n) is 7.99. The van der Waals surface area contributed by atoms with Crippen LogP contribution in [0, 0.1) is 5.92 Å². The van der Waals surface area contributed by atoms with E-state index in [1.54, 1.807) is 18.7 Å². The second-order valence-electron chi connectivity index (χ2n) is 6.39. The molecule has 2 rings (SSSR count). The monoisotopic (exact) mass is 378 g/mol. The minimum atomic E-state index is -4.77. The third-order valence-corrected chi connectivity index (χ3v) is 5.61. The summed E-state index contributed by atoms with van der Waals surface area (Å²) in [7, 11) is -4.35. The zero-order chi connectivity index (χ0) is 18.8. The summed E-state index contributed by atoms with van der Waals surface area (Å²) in [6.45, 7) is 4.17. The molecule has 1 aliphatic heterocycles. The first-order chi connectivity index (χ1) is 11.5. The van der Waals surface area contributed by atoms with E-state index in [4.69, 9.17) is 0 Å². The lowest BCUT2D eigenvalue weighted by Crippen LogP contribution is -2.50. The molecule has 1 atom stereocenters. The van der Waals surface area contributed by atoms with E-state index in [-0.39, 0.29) is 18.4 Å². The molecular weight excluding hydrogens is 357 g/mol. The number of benzene rings is 1. The number of nitrogens with one attached hydrogen (secondary N) is 1. The van der Waals surface area contributed by atoms with Crippen LogP contribution < -0.4 is 4.72 Å². The Hall–Kier alpha value is -1.61. The molecule has 0 saturated carbocycles. The van der Waals surface area contributed by atoms with Crippen LogP contribution in [-0.4, -0.2) is 38.4 Å². The molecule has 140 valence electrons. The predicted octanol–water partition coefficient (Wildman–Crippen LogP) is 2.63. The lowest BCUT2D eigenvalue weighted by Gasteiger charge is -2.34. The molecule has 0 bridgehead atoms. The number of hydrogen-bond donors (Lipinski definition) is 1. The van der Waals surface area contributed by atoms with Gasteiger partial charge in [0.2, 0.25) is 15.9 Å². The Balaban J connectivity index is 2.21. The molecule has 1 fully saturated rings. The molecule has 1 saturated heterocycles. The maximum absolute atomic E-state index is 13.1. The van der Waals surface area contributed by atoms with E-state index in [1.807, 2.05) is 0 Å². The van der Waals surface area contributed by atoms with Gasteiger partial charge in [-0.25, -0.2) is 13.1 Å². The van der Waals surface area contributed by atoms with Gasteiger partial charge in [-0.2, -0.15) is 13.2 Å². The van der Waals surface area contributed by atoms with Crippen molar-refractivity contribution < 1.29 is 26.4 Å². The average Bonchev–Trinajstić information content (AvgIpc) is 2.53. The van der Waals surface area contributed by atoms with Gasteiger partial charge in [0.1, 0.15) is 0 Å². The van der Waals surface area contributed by atoms with Crippen molar-refractivity contribution in [2.45, 2.75) is 43.8 Å². The number of piperidine rings is 1. The van der Waals surface area contributed by atoms with Crippen molar-refractivity contribution >= 4 is 15.9 Å². The summed E-state index contributed by atoms with van der Waals surface area (Å²) >= 11 is 0. The number of rotatable bonds is 4. The number of amides is 1. The fourth-order valence-electron chi connectivity index (χ4n) is 2.86. The van der Waals surface area contributed by atoms with E-state index >= 15 is 0 Å². The standard InChI is InChI=1S/C16H21F3N2O3S/c1-11(2)15(22)21-9-5-6-12(10-21)20-25(23,24)14-8-4-3-7-13(14)16(17,18)19/h3-4,7-8,11-12,20H,5-6,9-10H2,1-2H3. The summed E-state index contributed by atoms with van der Waals surface area (Å²) < 4.78 is 66.5. The lowest BCUT2D eigenvalue weighted by atomic mass is 10.0. The van der Waals surface area contributed by atoms with Crippen molar-refractivity contribution in [3.05, 3.63) is 29.8 Å². The van der Waals surface area contributed by atoms with E-state index in [0.717, 1.165) is 18.2 Å². The van der Waals surface area contributed by atoms with Crippen molar-refractivity contribution in [2.24, 2.45) is 5.92 Å². The van der Waals surface area contributed by atoms with Crippen molar-refractivity contribution in [1.29, 1.82) is 0 Å². The first kappa shape index (κ1) is 19.7. The number of carbonyl (C=O) groups excluding carboxylic acids is 1. The molecule has 0 radical (unpaired) electrons. The maximum atomic E-state index is 13.1. The molecule has 1 aliphatic rings. The van der Waals surface area contributed by atoms with Gasteiger partial charge in [-0.3, -0.25) is 4.79 Å². The minimum absolute atomic E-state index is 0.0976. The highest BCUT2D eigenvalue weighted by atomic mass is 32.2. The zero-order valence-electron chi connectivity index (χ0n) is 14.0. The van der Waals surface area contributed by atoms with Gasteiger partial charge in [0.25, 0.3) is 0 Å². The fraction of sp³-hybridized carbons (Fsp3) is 0.562. The van der Waals surface area contributed by atoms with Gasteiger partial charge >= 0.3 is 6.18 Å². The smallest absolute Gasteiger partial charge is 0.341 e. The number of nitrogens with zero attached hydrogens (tertiary/aromatic N) is 1. The molecule has 1 N–H and O–H groups in total. The van der Waals surface area contributed by atoms with Crippen molar-refractivity contribution in [2.75, 3.05) is 13.1 Å². The molecule has 1 amide bonds. The van der Waals surface area contributed by atoms with E-state index in [1.165, 1.54) is 6.07 Å². The molecule has 1 aromatic rings. The van der Waals surface area contributed by atoms with E-state index in [2.05, 4.69) is 4.72 Å². The largest absolute Gasteiger partial charge is 0.417 e. The van der Waals surface area contributed by atoms with E-state index in [9.17, 15) is 26.4 Å². The van der Waals surface area contributed by atoms with Crippen LogP contribution in [-0.2, 0) is 21.0 Å². The fourth-order valence-corrected chi connectivity index (χ4v) is 4.35. The van der Waals surface area contributed by atoms with Crippen molar-refractivity contribution in [3.63, 3.8) is 0 Å². The van der Waals surface area contributed by atoms with Crippen LogP contribution in [0.2, 0.25) is 0 Å². The number of halogens is 3. The summed E-state index contributed by atoms with van der Waals surface area (Å²) in [5.41, 5.74) is -1.20. The SMILES string of the molecule is CC(C)C(=O)N1CCCC(NS(=O)(=O)c2ccccc2C(F)(F)F)C1. The van der Waals surface area contributed by atoms with E-state index in [0.29, 0.717) is 19.4 Å². The van der Waals surface area contributed by atoms with Crippen LogP contribution in [0.25, 0.3) is 0 Å². The van der Waals surface area contributed by atoms with Crippen molar-refractivity contribution in [1.82, 2.24) is 9.62 Å². The molecule has 1 heterocycles. The van der Waals surface area contributed by atoms with Gasteiger partial charge in [-0.05, 0) is 25.0 Å². The topological polar surface area (TPSA) is 66.5 Å². The Kier molecular flexibility index (Phi) is 5.78. The van der Waals surface area contributed by atoms with Crippen LogP contribution in [0.3, 0.4) is 0 Å². The lowest BCUT2D eigenvalue weighted by molar-refractivity contribution is -0.140. The Morgan fingerprint density at radius 1 is 1.28 bits per heavy atom. The Bertz CT molecular complexity index is 732. The third kappa shape index (κ3) is 4.72. The van der Waals surface area contributed by atoms with Gasteiger partial charge in [-0.1, -0.05) is 26.0 Å². The highest BCUT2D eigenvalue weighted by Crippen LogP contribution is 2.34. The van der Waals surface area contributed by atoms with E-state index < -0.39 is 32.7 Å². The van der Waals surface area contributed by atoms with Gasteiger partial charge in [-0.15, -0.1) is 0 Å². The summed E-state index contributed by atoms with van der Waals surface area (Å²) in [5.74, 6) is -0.319. The summed E-state index contributed by atoms with van der Waals surface area (Å²) in [4.78, 5) is 12.8. The molecule has 0 aromatic heterocycles. The molecule has 1 unspecified atom stereocenters. The van der Waals surface area contributed by atoms with Gasteiger partial charge in [0, 0.05) is 25.0 Å². The van der Waals surface area contributed by atoms with Crippen LogP contribution in [0.5, 0.6) is 0 Å². The summed E-state index contributed by atoms with van der Waals surface area (Å²) in [6.07, 6.45) is -3.71. The second-order valence-corrected chi connectivity index (χ2v) is 8.08. The Labute approximate surface area is 145 Å². The maximum Gasteiger partial charge on any atom is 0.417 e. The number of alkyl halides is 3. The Morgan fingerprint density at radius 2 is 1.92 bits per heavy atom. The quantitative estimate of drug-likeness (QED) is 0.876. The molecule has 0 spiro atoms. The summed E-state index contributed by atoms with van der Waals surface area (Å²) in [5, 5.41) is 0.